The first-order valence-electron chi connectivity index (χ1n) is 9.19. The Morgan fingerprint density at radius 2 is 1.92 bits per heavy atom. The van der Waals surface area contributed by atoms with Gasteiger partial charge in [0.15, 0.2) is 5.78 Å². The summed E-state index contributed by atoms with van der Waals surface area (Å²) in [7, 11) is 1.65. The normalized spacial score (nSPS) is 17.6. The number of rotatable bonds is 6. The summed E-state index contributed by atoms with van der Waals surface area (Å²) < 4.78 is 5.24. The minimum atomic E-state index is 0.0594. The molecule has 0 radical (unpaired) electrons. The number of likely N-dealkylation sites (tertiary alicyclic amines) is 1. The van der Waals surface area contributed by atoms with E-state index in [1.165, 1.54) is 11.3 Å². The Balaban J connectivity index is 1.69. The van der Waals surface area contributed by atoms with Crippen molar-refractivity contribution in [3.8, 4) is 5.75 Å². The molecule has 2 aromatic rings. The topological polar surface area (TPSA) is 46.6 Å². The summed E-state index contributed by atoms with van der Waals surface area (Å²) in [4.78, 5) is 27.8. The molecule has 0 spiro atoms. The first kappa shape index (κ1) is 18.6. The zero-order valence-corrected chi connectivity index (χ0v) is 16.0. The van der Waals surface area contributed by atoms with Gasteiger partial charge in [0, 0.05) is 19.4 Å². The van der Waals surface area contributed by atoms with Gasteiger partial charge in [-0.15, -0.1) is 11.3 Å². The molecular formula is C21H25NO3S. The standard InChI is InChI=1S/C21H25NO3S/c1-25-17-10-8-16(9-11-17)18-6-3-2-4-14-22(18)21(24)13-12-19(23)20-7-5-15-26-20/h5,7-11,15,18H,2-4,6,12-14H2,1H3/t18-/m1/s1. The Hall–Kier alpha value is -2.14. The number of amides is 1. The first-order chi connectivity index (χ1) is 12.7. The molecule has 0 saturated carbocycles. The molecule has 0 bridgehead atoms. The van der Waals surface area contributed by atoms with Crippen LogP contribution in [0.3, 0.4) is 0 Å². The molecule has 1 atom stereocenters. The Kier molecular flexibility index (Phi) is 6.45. The van der Waals surface area contributed by atoms with Crippen LogP contribution in [0.5, 0.6) is 5.75 Å². The number of carbonyl (C=O) groups is 2. The number of benzene rings is 1. The van der Waals surface area contributed by atoms with Crippen molar-refractivity contribution >= 4 is 23.0 Å². The maximum Gasteiger partial charge on any atom is 0.223 e. The van der Waals surface area contributed by atoms with Gasteiger partial charge in [0.25, 0.3) is 0 Å². The van der Waals surface area contributed by atoms with Gasteiger partial charge in [-0.1, -0.05) is 31.0 Å². The number of hydrogen-bond donors (Lipinski definition) is 0. The zero-order valence-electron chi connectivity index (χ0n) is 15.1. The molecule has 26 heavy (non-hydrogen) atoms. The monoisotopic (exact) mass is 371 g/mol. The molecule has 1 amide bonds. The first-order valence-corrected chi connectivity index (χ1v) is 10.1. The third kappa shape index (κ3) is 4.52. The van der Waals surface area contributed by atoms with E-state index in [1.54, 1.807) is 7.11 Å². The van der Waals surface area contributed by atoms with Crippen molar-refractivity contribution in [1.82, 2.24) is 4.90 Å². The smallest absolute Gasteiger partial charge is 0.223 e. The van der Waals surface area contributed by atoms with E-state index in [0.29, 0.717) is 0 Å². The molecular weight excluding hydrogens is 346 g/mol. The summed E-state index contributed by atoms with van der Waals surface area (Å²) in [5, 5.41) is 1.89. The van der Waals surface area contributed by atoms with Crippen LogP contribution in [0, 0.1) is 0 Å². The van der Waals surface area contributed by atoms with Gasteiger partial charge in [-0.25, -0.2) is 0 Å². The minimum Gasteiger partial charge on any atom is -0.497 e. The maximum atomic E-state index is 12.9. The predicted molar refractivity (Wildman–Crippen MR) is 104 cm³/mol. The number of Topliss-reactive ketones (excluding diaryl/α,β-unsaturated/α-hetero) is 1. The van der Waals surface area contributed by atoms with Crippen LogP contribution in [0.1, 0.15) is 59.8 Å². The van der Waals surface area contributed by atoms with Gasteiger partial charge in [-0.3, -0.25) is 9.59 Å². The molecule has 1 aromatic carbocycles. The van der Waals surface area contributed by atoms with Gasteiger partial charge in [-0.05, 0) is 42.0 Å². The fraction of sp³-hybridized carbons (Fsp3) is 0.429. The lowest BCUT2D eigenvalue weighted by Crippen LogP contribution is -2.35. The fourth-order valence-electron chi connectivity index (χ4n) is 3.50. The molecule has 1 saturated heterocycles. The summed E-state index contributed by atoms with van der Waals surface area (Å²) in [6.07, 6.45) is 4.82. The molecule has 0 N–H and O–H groups in total. The molecule has 1 aliphatic heterocycles. The SMILES string of the molecule is COc1ccc([C@H]2CCCCCN2C(=O)CCC(=O)c2cccs2)cc1. The maximum absolute atomic E-state index is 12.9. The van der Waals surface area contributed by atoms with Crippen molar-refractivity contribution in [3.63, 3.8) is 0 Å². The van der Waals surface area contributed by atoms with Crippen molar-refractivity contribution in [2.24, 2.45) is 0 Å². The van der Waals surface area contributed by atoms with Crippen molar-refractivity contribution in [2.45, 2.75) is 44.6 Å². The zero-order chi connectivity index (χ0) is 18.4. The third-order valence-corrected chi connectivity index (χ3v) is 5.85. The van der Waals surface area contributed by atoms with Gasteiger partial charge in [-0.2, -0.15) is 0 Å². The van der Waals surface area contributed by atoms with Crippen LogP contribution in [0.25, 0.3) is 0 Å². The average molecular weight is 372 g/mol. The molecule has 1 aliphatic rings. The highest BCUT2D eigenvalue weighted by Crippen LogP contribution is 2.32. The van der Waals surface area contributed by atoms with Crippen LogP contribution in [0.2, 0.25) is 0 Å². The lowest BCUT2D eigenvalue weighted by molar-refractivity contribution is -0.133. The van der Waals surface area contributed by atoms with Crippen LogP contribution >= 0.6 is 11.3 Å². The number of thiophene rings is 1. The van der Waals surface area contributed by atoms with E-state index < -0.39 is 0 Å². The number of carbonyl (C=O) groups excluding carboxylic acids is 2. The second-order valence-corrected chi connectivity index (χ2v) is 7.57. The van der Waals surface area contributed by atoms with Crippen molar-refractivity contribution in [2.75, 3.05) is 13.7 Å². The Labute approximate surface area is 158 Å². The Morgan fingerprint density at radius 3 is 2.62 bits per heavy atom. The van der Waals surface area contributed by atoms with E-state index >= 15 is 0 Å². The number of methoxy groups -OCH3 is 1. The highest BCUT2D eigenvalue weighted by atomic mass is 32.1. The Bertz CT molecular complexity index is 724. The number of ether oxygens (including phenoxy) is 1. The largest absolute Gasteiger partial charge is 0.497 e. The van der Waals surface area contributed by atoms with Gasteiger partial charge in [0.05, 0.1) is 18.0 Å². The molecule has 4 nitrogen and oxygen atoms in total. The second kappa shape index (κ2) is 8.99. The van der Waals surface area contributed by atoms with Crippen molar-refractivity contribution < 1.29 is 14.3 Å². The number of nitrogens with zero attached hydrogens (tertiary/aromatic N) is 1. The van der Waals surface area contributed by atoms with E-state index in [9.17, 15) is 9.59 Å². The van der Waals surface area contributed by atoms with Crippen LogP contribution in [-0.4, -0.2) is 30.2 Å². The quantitative estimate of drug-likeness (QED) is 0.681. The Morgan fingerprint density at radius 1 is 1.12 bits per heavy atom. The summed E-state index contributed by atoms with van der Waals surface area (Å²) in [6, 6.07) is 11.8. The molecule has 0 aliphatic carbocycles. The highest BCUT2D eigenvalue weighted by Gasteiger charge is 2.27. The highest BCUT2D eigenvalue weighted by molar-refractivity contribution is 7.12. The van der Waals surface area contributed by atoms with Gasteiger partial charge in [0.1, 0.15) is 5.75 Å². The van der Waals surface area contributed by atoms with Gasteiger partial charge in [0.2, 0.25) is 5.91 Å². The molecule has 5 heteroatoms. The van der Waals surface area contributed by atoms with E-state index in [2.05, 4.69) is 0 Å². The second-order valence-electron chi connectivity index (χ2n) is 6.63. The van der Waals surface area contributed by atoms with Gasteiger partial charge < -0.3 is 9.64 Å². The van der Waals surface area contributed by atoms with E-state index in [0.717, 1.165) is 48.4 Å². The lowest BCUT2D eigenvalue weighted by Gasteiger charge is -2.30. The van der Waals surface area contributed by atoms with Crippen molar-refractivity contribution in [1.29, 1.82) is 0 Å². The van der Waals surface area contributed by atoms with E-state index in [1.807, 2.05) is 46.7 Å². The lowest BCUT2D eigenvalue weighted by atomic mass is 10.00. The van der Waals surface area contributed by atoms with Crippen LogP contribution in [0.15, 0.2) is 41.8 Å². The van der Waals surface area contributed by atoms with Crippen molar-refractivity contribution in [3.05, 3.63) is 52.2 Å². The van der Waals surface area contributed by atoms with E-state index in [4.69, 9.17) is 4.74 Å². The van der Waals surface area contributed by atoms with Crippen LogP contribution < -0.4 is 4.74 Å². The average Bonchev–Trinajstić information content (AvgIpc) is 3.11. The summed E-state index contributed by atoms with van der Waals surface area (Å²) in [5.41, 5.74) is 1.14. The molecule has 3 rings (SSSR count). The fourth-order valence-corrected chi connectivity index (χ4v) is 4.20. The summed E-state index contributed by atoms with van der Waals surface area (Å²) in [6.45, 7) is 0.767. The molecule has 1 aromatic heterocycles. The number of ketones is 1. The van der Waals surface area contributed by atoms with Crippen LogP contribution in [0.4, 0.5) is 0 Å². The molecule has 138 valence electrons. The third-order valence-electron chi connectivity index (χ3n) is 4.94. The summed E-state index contributed by atoms with van der Waals surface area (Å²) in [5.74, 6) is 0.962. The number of hydrogen-bond acceptors (Lipinski definition) is 4. The predicted octanol–water partition coefficient (Wildman–Crippen LogP) is 4.86. The molecule has 1 fully saturated rings. The van der Waals surface area contributed by atoms with Crippen LogP contribution in [-0.2, 0) is 4.79 Å². The molecule has 2 heterocycles. The van der Waals surface area contributed by atoms with Gasteiger partial charge >= 0.3 is 0 Å². The van der Waals surface area contributed by atoms with E-state index in [-0.39, 0.29) is 30.6 Å². The summed E-state index contributed by atoms with van der Waals surface area (Å²) >= 11 is 1.44. The molecule has 0 unspecified atom stereocenters. The minimum absolute atomic E-state index is 0.0594.